The third-order valence-electron chi connectivity index (χ3n) is 9.92. The Balaban J connectivity index is 0.969. The summed E-state index contributed by atoms with van der Waals surface area (Å²) in [6, 6.07) is 11.0. The minimum atomic E-state index is -0.768. The maximum absolute atomic E-state index is 12.0. The van der Waals surface area contributed by atoms with Gasteiger partial charge in [0.1, 0.15) is 0 Å². The molecule has 1 amide bonds. The number of hydrogen-bond acceptors (Lipinski definition) is 5. The summed E-state index contributed by atoms with van der Waals surface area (Å²) in [4.78, 5) is 23.7. The van der Waals surface area contributed by atoms with Crippen LogP contribution in [0.4, 0.5) is 4.79 Å². The molecule has 0 atom stereocenters. The molecule has 0 radical (unpaired) electrons. The number of amides is 1. The van der Waals surface area contributed by atoms with E-state index in [0.717, 1.165) is 94.1 Å². The van der Waals surface area contributed by atoms with Crippen LogP contribution < -0.4 is 0 Å². The average molecular weight is 585 g/mol. The Bertz CT molecular complexity index is 1500. The first-order valence-corrected chi connectivity index (χ1v) is 16.0. The first-order valence-electron chi connectivity index (χ1n) is 16.0. The fourth-order valence-electron chi connectivity index (χ4n) is 8.31. The van der Waals surface area contributed by atoms with Gasteiger partial charge in [-0.1, -0.05) is 43.3 Å². The molecule has 8 nitrogen and oxygen atoms in total. The number of carboxylic acid groups (broad SMARTS) is 1. The SMILES string of the molecule is CCc1nn2c(C)cc(C)nc2c1Cc1ccc(/C=C/CN2CCN(CC34CC(N(C(=O)O)C(C)(C)C)(C3)C4)CC2)cc1. The van der Waals surface area contributed by atoms with Crippen LogP contribution in [0, 0.1) is 19.3 Å². The second-order valence-electron chi connectivity index (χ2n) is 14.5. The molecule has 3 heterocycles. The molecule has 4 aliphatic rings. The molecule has 2 bridgehead atoms. The summed E-state index contributed by atoms with van der Waals surface area (Å²) in [6.07, 6.45) is 8.58. The predicted molar refractivity (Wildman–Crippen MR) is 172 cm³/mol. The maximum atomic E-state index is 12.0. The van der Waals surface area contributed by atoms with Crippen LogP contribution >= 0.6 is 0 Å². The van der Waals surface area contributed by atoms with Gasteiger partial charge >= 0.3 is 6.09 Å². The van der Waals surface area contributed by atoms with E-state index in [1.54, 1.807) is 4.90 Å². The van der Waals surface area contributed by atoms with Crippen LogP contribution in [-0.4, -0.2) is 90.8 Å². The van der Waals surface area contributed by atoms with E-state index >= 15 is 0 Å². The third-order valence-corrected chi connectivity index (χ3v) is 9.92. The normalized spacial score (nSPS) is 24.3. The van der Waals surface area contributed by atoms with Crippen molar-refractivity contribution in [3.63, 3.8) is 0 Å². The van der Waals surface area contributed by atoms with Gasteiger partial charge in [-0.3, -0.25) is 9.80 Å². The van der Waals surface area contributed by atoms with Crippen molar-refractivity contribution in [2.24, 2.45) is 5.41 Å². The van der Waals surface area contributed by atoms with E-state index in [4.69, 9.17) is 10.1 Å². The lowest BCUT2D eigenvalue weighted by atomic mass is 9.38. The highest BCUT2D eigenvalue weighted by Gasteiger charge is 2.72. The van der Waals surface area contributed by atoms with Crippen molar-refractivity contribution in [3.05, 3.63) is 70.2 Å². The molecule has 8 heteroatoms. The van der Waals surface area contributed by atoms with Crippen molar-refractivity contribution in [1.29, 1.82) is 0 Å². The fraction of sp³-hybridized carbons (Fsp3) is 0.571. The Morgan fingerprint density at radius 3 is 2.30 bits per heavy atom. The highest BCUT2D eigenvalue weighted by atomic mass is 16.4. The number of benzene rings is 1. The average Bonchev–Trinajstić information content (AvgIpc) is 3.25. The Labute approximate surface area is 256 Å². The van der Waals surface area contributed by atoms with Crippen LogP contribution in [0.25, 0.3) is 11.7 Å². The number of fused-ring (bicyclic) bond motifs is 1. The predicted octanol–water partition coefficient (Wildman–Crippen LogP) is 5.83. The zero-order valence-corrected chi connectivity index (χ0v) is 26.9. The van der Waals surface area contributed by atoms with Gasteiger partial charge in [-0.25, -0.2) is 14.3 Å². The lowest BCUT2D eigenvalue weighted by Crippen LogP contribution is -2.80. The Kier molecular flexibility index (Phi) is 7.66. The number of nitrogens with zero attached hydrogens (tertiary/aromatic N) is 6. The molecule has 43 heavy (non-hydrogen) atoms. The van der Waals surface area contributed by atoms with Gasteiger partial charge < -0.3 is 10.0 Å². The minimum absolute atomic E-state index is 0.114. The number of carbonyl (C=O) groups is 1. The van der Waals surface area contributed by atoms with Crippen molar-refractivity contribution in [3.8, 4) is 0 Å². The number of hydrogen-bond donors (Lipinski definition) is 1. The van der Waals surface area contributed by atoms with Crippen molar-refractivity contribution < 1.29 is 9.90 Å². The summed E-state index contributed by atoms with van der Waals surface area (Å²) in [5.41, 5.74) is 7.89. The molecule has 4 fully saturated rings. The van der Waals surface area contributed by atoms with Gasteiger partial charge in [0, 0.05) is 73.7 Å². The van der Waals surface area contributed by atoms with E-state index < -0.39 is 6.09 Å². The Morgan fingerprint density at radius 2 is 1.70 bits per heavy atom. The highest BCUT2D eigenvalue weighted by molar-refractivity contribution is 5.68. The molecular weight excluding hydrogens is 536 g/mol. The van der Waals surface area contributed by atoms with Crippen molar-refractivity contribution in [2.75, 3.05) is 39.3 Å². The zero-order valence-electron chi connectivity index (χ0n) is 26.9. The van der Waals surface area contributed by atoms with E-state index in [0.29, 0.717) is 5.41 Å². The molecule has 1 saturated heterocycles. The standard InChI is InChI=1S/C35H48N6O2/c1-7-30-29(31-36-25(2)19-26(3)40(31)37-30)20-28-12-10-27(11-13-28)9-8-14-38-15-17-39(18-16-38)24-34-21-35(22-34,23-34)41(32(42)43)33(4,5)6/h8-13,19H,7,14-18,20-24H2,1-6H3,(H,42,43)/b9-8+. The van der Waals surface area contributed by atoms with Crippen LogP contribution in [-0.2, 0) is 12.8 Å². The summed E-state index contributed by atoms with van der Waals surface area (Å²) >= 11 is 0. The molecular formula is C35H48N6O2. The molecule has 2 aromatic heterocycles. The van der Waals surface area contributed by atoms with Crippen molar-refractivity contribution in [1.82, 2.24) is 29.3 Å². The van der Waals surface area contributed by atoms with E-state index in [-0.39, 0.29) is 11.1 Å². The van der Waals surface area contributed by atoms with Crippen LogP contribution in [0.15, 0.2) is 36.4 Å². The second kappa shape index (κ2) is 11.0. The molecule has 3 saturated carbocycles. The smallest absolute Gasteiger partial charge is 0.408 e. The molecule has 0 spiro atoms. The summed E-state index contributed by atoms with van der Waals surface area (Å²) in [5.74, 6) is 0. The quantitative estimate of drug-likeness (QED) is 0.341. The van der Waals surface area contributed by atoms with Gasteiger partial charge in [-0.2, -0.15) is 5.10 Å². The first kappa shape index (κ1) is 29.8. The van der Waals surface area contributed by atoms with Gasteiger partial charge in [-0.05, 0) is 82.9 Å². The van der Waals surface area contributed by atoms with Gasteiger partial charge in [0.15, 0.2) is 5.65 Å². The molecule has 230 valence electrons. The summed E-state index contributed by atoms with van der Waals surface area (Å²) in [5, 5.41) is 14.7. The monoisotopic (exact) mass is 584 g/mol. The van der Waals surface area contributed by atoms with Crippen molar-refractivity contribution >= 4 is 17.8 Å². The van der Waals surface area contributed by atoms with Gasteiger partial charge in [0.25, 0.3) is 0 Å². The summed E-state index contributed by atoms with van der Waals surface area (Å²) in [7, 11) is 0. The van der Waals surface area contributed by atoms with Crippen LogP contribution in [0.5, 0.6) is 0 Å². The van der Waals surface area contributed by atoms with E-state index in [1.165, 1.54) is 16.7 Å². The lowest BCUT2D eigenvalue weighted by molar-refractivity contribution is -0.234. The molecule has 7 rings (SSSR count). The van der Waals surface area contributed by atoms with Gasteiger partial charge in [0.05, 0.1) is 5.69 Å². The van der Waals surface area contributed by atoms with E-state index in [9.17, 15) is 9.90 Å². The van der Waals surface area contributed by atoms with E-state index in [1.807, 2.05) is 32.2 Å². The third kappa shape index (κ3) is 5.72. The molecule has 1 N–H and O–H groups in total. The van der Waals surface area contributed by atoms with Gasteiger partial charge in [0.2, 0.25) is 0 Å². The van der Waals surface area contributed by atoms with Gasteiger partial charge in [-0.15, -0.1) is 0 Å². The summed E-state index contributed by atoms with van der Waals surface area (Å²) in [6.45, 7) is 18.8. The molecule has 3 aromatic rings. The van der Waals surface area contributed by atoms with E-state index in [2.05, 4.69) is 66.1 Å². The number of rotatable bonds is 9. The largest absolute Gasteiger partial charge is 0.465 e. The molecule has 1 aromatic carbocycles. The molecule has 1 aliphatic heterocycles. The minimum Gasteiger partial charge on any atom is -0.465 e. The van der Waals surface area contributed by atoms with Crippen LogP contribution in [0.3, 0.4) is 0 Å². The fourth-order valence-corrected chi connectivity index (χ4v) is 8.31. The first-order chi connectivity index (χ1) is 20.4. The lowest BCUT2D eigenvalue weighted by Gasteiger charge is -2.75. The van der Waals surface area contributed by atoms with Crippen molar-refractivity contribution in [2.45, 2.75) is 84.7 Å². The maximum Gasteiger partial charge on any atom is 0.408 e. The van der Waals surface area contributed by atoms with Crippen LogP contribution in [0.2, 0.25) is 0 Å². The Morgan fingerprint density at radius 1 is 1.05 bits per heavy atom. The Hall–Kier alpha value is -3.23. The zero-order chi connectivity index (χ0) is 30.6. The summed E-state index contributed by atoms with van der Waals surface area (Å²) < 4.78 is 1.99. The number of aryl methyl sites for hydroxylation is 3. The topological polar surface area (TPSA) is 77.2 Å². The highest BCUT2D eigenvalue weighted by Crippen LogP contribution is 2.71. The second-order valence-corrected chi connectivity index (χ2v) is 14.5. The number of piperazine rings is 1. The number of aromatic nitrogens is 3. The van der Waals surface area contributed by atoms with Crippen LogP contribution in [0.1, 0.15) is 80.7 Å². The molecule has 0 unspecified atom stereocenters. The molecule has 3 aliphatic carbocycles.